The Morgan fingerprint density at radius 3 is 2.37 bits per heavy atom. The summed E-state index contributed by atoms with van der Waals surface area (Å²) >= 11 is 0. The Bertz CT molecular complexity index is 901. The van der Waals surface area contributed by atoms with E-state index < -0.39 is 36.5 Å². The molecular weight excluding hydrogens is 390 g/mol. The molecule has 9 nitrogen and oxygen atoms in total. The van der Waals surface area contributed by atoms with Crippen molar-refractivity contribution >= 4 is 23.8 Å². The van der Waals surface area contributed by atoms with Crippen LogP contribution in [-0.2, 0) is 14.3 Å². The first-order valence-corrected chi connectivity index (χ1v) is 9.20. The summed E-state index contributed by atoms with van der Waals surface area (Å²) in [6.07, 6.45) is -1.35. The van der Waals surface area contributed by atoms with Crippen molar-refractivity contribution in [1.29, 1.82) is 0 Å². The maximum Gasteiger partial charge on any atom is 0.326 e. The fourth-order valence-electron chi connectivity index (χ4n) is 2.47. The van der Waals surface area contributed by atoms with Crippen LogP contribution in [0.3, 0.4) is 0 Å². The summed E-state index contributed by atoms with van der Waals surface area (Å²) in [5.41, 5.74) is 0.683. The normalized spacial score (nSPS) is 11.0. The molecule has 9 heteroatoms. The first-order chi connectivity index (χ1) is 14.4. The molecule has 0 aliphatic rings. The molecule has 0 heterocycles. The summed E-state index contributed by atoms with van der Waals surface area (Å²) in [5.74, 6) is -1.66. The fourth-order valence-corrected chi connectivity index (χ4v) is 2.47. The second-order valence-electron chi connectivity index (χ2n) is 6.04. The number of esters is 1. The molecule has 0 saturated heterocycles. The number of carbonyl (C=O) groups excluding carboxylic acids is 4. The van der Waals surface area contributed by atoms with Crippen molar-refractivity contribution in [2.45, 2.75) is 13.0 Å². The van der Waals surface area contributed by atoms with Gasteiger partial charge in [0.25, 0.3) is 11.8 Å². The Morgan fingerprint density at radius 1 is 0.967 bits per heavy atom. The topological polar surface area (TPSA) is 123 Å². The van der Waals surface area contributed by atoms with Crippen LogP contribution in [-0.4, -0.2) is 44.0 Å². The number of hydrogen-bond donors (Lipinski definition) is 3. The van der Waals surface area contributed by atoms with Gasteiger partial charge < -0.3 is 20.1 Å². The average Bonchev–Trinajstić information content (AvgIpc) is 2.76. The fraction of sp³-hybridized carbons (Fsp3) is 0.238. The lowest BCUT2D eigenvalue weighted by Gasteiger charge is -2.18. The monoisotopic (exact) mass is 413 g/mol. The third-order valence-corrected chi connectivity index (χ3v) is 3.89. The zero-order valence-electron chi connectivity index (χ0n) is 16.6. The number of rotatable bonds is 8. The van der Waals surface area contributed by atoms with Gasteiger partial charge in [0.15, 0.2) is 0 Å². The maximum absolute atomic E-state index is 12.4. The molecule has 2 aromatic rings. The smallest absolute Gasteiger partial charge is 0.326 e. The molecule has 0 aliphatic carbocycles. The summed E-state index contributed by atoms with van der Waals surface area (Å²) in [6, 6.07) is 14.0. The molecule has 0 aromatic heterocycles. The first kappa shape index (κ1) is 22.4. The zero-order chi connectivity index (χ0) is 21.9. The average molecular weight is 413 g/mol. The van der Waals surface area contributed by atoms with E-state index in [9.17, 15) is 19.2 Å². The minimum Gasteiger partial charge on any atom is -0.497 e. The molecule has 158 valence electrons. The SMILES string of the molecule is CCNC(=O)NC(=O)[C@H](OC(=O)CNC(=O)c1cccc(OC)c1)c1ccccc1. The highest BCUT2D eigenvalue weighted by molar-refractivity contribution is 5.98. The predicted molar refractivity (Wildman–Crippen MR) is 108 cm³/mol. The highest BCUT2D eigenvalue weighted by Gasteiger charge is 2.26. The van der Waals surface area contributed by atoms with Crippen molar-refractivity contribution in [3.8, 4) is 5.75 Å². The van der Waals surface area contributed by atoms with E-state index in [-0.39, 0.29) is 0 Å². The molecule has 0 fully saturated rings. The Kier molecular flexibility index (Phi) is 8.37. The molecule has 4 amide bonds. The van der Waals surface area contributed by atoms with Crippen molar-refractivity contribution < 1.29 is 28.7 Å². The van der Waals surface area contributed by atoms with E-state index >= 15 is 0 Å². The summed E-state index contributed by atoms with van der Waals surface area (Å²) in [6.45, 7) is 1.56. The van der Waals surface area contributed by atoms with Crippen LogP contribution in [0.1, 0.15) is 28.9 Å². The molecule has 2 rings (SSSR count). The Balaban J connectivity index is 2.02. The molecule has 0 unspecified atom stereocenters. The number of carbonyl (C=O) groups is 4. The van der Waals surface area contributed by atoms with Crippen molar-refractivity contribution in [2.24, 2.45) is 0 Å². The largest absolute Gasteiger partial charge is 0.497 e. The number of amides is 4. The number of methoxy groups -OCH3 is 1. The molecule has 0 spiro atoms. The van der Waals surface area contributed by atoms with E-state index in [4.69, 9.17) is 9.47 Å². The van der Waals surface area contributed by atoms with E-state index in [0.29, 0.717) is 23.4 Å². The number of imide groups is 1. The van der Waals surface area contributed by atoms with Crippen molar-refractivity contribution in [2.75, 3.05) is 20.2 Å². The molecular formula is C21H23N3O6. The van der Waals surface area contributed by atoms with E-state index in [0.717, 1.165) is 0 Å². The lowest BCUT2D eigenvalue weighted by molar-refractivity contribution is -0.155. The Morgan fingerprint density at radius 2 is 1.70 bits per heavy atom. The van der Waals surface area contributed by atoms with Crippen LogP contribution < -0.4 is 20.7 Å². The second-order valence-corrected chi connectivity index (χ2v) is 6.04. The van der Waals surface area contributed by atoms with E-state index in [1.165, 1.54) is 13.2 Å². The van der Waals surface area contributed by atoms with Gasteiger partial charge in [-0.05, 0) is 25.1 Å². The molecule has 0 aliphatic heterocycles. The van der Waals surface area contributed by atoms with Gasteiger partial charge in [-0.1, -0.05) is 36.4 Å². The van der Waals surface area contributed by atoms with Gasteiger partial charge in [0.1, 0.15) is 12.3 Å². The van der Waals surface area contributed by atoms with Gasteiger partial charge in [-0.25, -0.2) is 4.79 Å². The van der Waals surface area contributed by atoms with Crippen LogP contribution >= 0.6 is 0 Å². The minimum absolute atomic E-state index is 0.302. The van der Waals surface area contributed by atoms with Crippen LogP contribution in [0.2, 0.25) is 0 Å². The van der Waals surface area contributed by atoms with Gasteiger partial charge in [0.2, 0.25) is 6.10 Å². The lowest BCUT2D eigenvalue weighted by Crippen LogP contribution is -2.43. The maximum atomic E-state index is 12.4. The van der Waals surface area contributed by atoms with Gasteiger partial charge in [-0.3, -0.25) is 19.7 Å². The number of hydrogen-bond acceptors (Lipinski definition) is 6. The lowest BCUT2D eigenvalue weighted by atomic mass is 10.1. The van der Waals surface area contributed by atoms with Gasteiger partial charge in [0, 0.05) is 17.7 Å². The molecule has 2 aromatic carbocycles. The Hall–Kier alpha value is -3.88. The van der Waals surface area contributed by atoms with E-state index in [1.807, 2.05) is 0 Å². The first-order valence-electron chi connectivity index (χ1n) is 9.20. The van der Waals surface area contributed by atoms with Crippen LogP contribution in [0, 0.1) is 0 Å². The van der Waals surface area contributed by atoms with Crippen LogP contribution in [0.25, 0.3) is 0 Å². The molecule has 0 bridgehead atoms. The molecule has 0 radical (unpaired) electrons. The number of ether oxygens (including phenoxy) is 2. The molecule has 3 N–H and O–H groups in total. The van der Waals surface area contributed by atoms with Crippen LogP contribution in [0.5, 0.6) is 5.75 Å². The van der Waals surface area contributed by atoms with Crippen LogP contribution in [0.4, 0.5) is 4.79 Å². The molecule has 30 heavy (non-hydrogen) atoms. The highest BCUT2D eigenvalue weighted by atomic mass is 16.5. The van der Waals surface area contributed by atoms with Crippen molar-refractivity contribution in [1.82, 2.24) is 16.0 Å². The second kappa shape index (κ2) is 11.2. The van der Waals surface area contributed by atoms with Crippen LogP contribution in [0.15, 0.2) is 54.6 Å². The molecule has 1 atom stereocenters. The third kappa shape index (κ3) is 6.62. The number of nitrogens with one attached hydrogen (secondary N) is 3. The third-order valence-electron chi connectivity index (χ3n) is 3.89. The minimum atomic E-state index is -1.35. The zero-order valence-corrected chi connectivity index (χ0v) is 16.6. The number of urea groups is 1. The summed E-state index contributed by atoms with van der Waals surface area (Å²) < 4.78 is 10.3. The van der Waals surface area contributed by atoms with Crippen molar-refractivity contribution in [3.05, 3.63) is 65.7 Å². The highest BCUT2D eigenvalue weighted by Crippen LogP contribution is 2.18. The number of benzene rings is 2. The van der Waals surface area contributed by atoms with E-state index in [1.54, 1.807) is 55.5 Å². The van der Waals surface area contributed by atoms with Gasteiger partial charge >= 0.3 is 12.0 Å². The van der Waals surface area contributed by atoms with Gasteiger partial charge in [0.05, 0.1) is 7.11 Å². The van der Waals surface area contributed by atoms with E-state index in [2.05, 4.69) is 16.0 Å². The summed E-state index contributed by atoms with van der Waals surface area (Å²) in [7, 11) is 1.48. The van der Waals surface area contributed by atoms with Gasteiger partial charge in [-0.15, -0.1) is 0 Å². The standard InChI is InChI=1S/C21H23N3O6/c1-3-22-21(28)24-20(27)18(14-8-5-4-6-9-14)30-17(25)13-23-19(26)15-10-7-11-16(12-15)29-2/h4-12,18H,3,13H2,1-2H3,(H,23,26)(H2,22,24,27,28)/t18-/m1/s1. The predicted octanol–water partition coefficient (Wildman–Crippen LogP) is 1.56. The molecule has 0 saturated carbocycles. The van der Waals surface area contributed by atoms with Gasteiger partial charge in [-0.2, -0.15) is 0 Å². The summed E-state index contributed by atoms with van der Waals surface area (Å²) in [4.78, 5) is 48.6. The Labute approximate surface area is 173 Å². The quantitative estimate of drug-likeness (QED) is 0.565. The summed E-state index contributed by atoms with van der Waals surface area (Å²) in [5, 5.41) is 6.97. The van der Waals surface area contributed by atoms with Crippen molar-refractivity contribution in [3.63, 3.8) is 0 Å².